The summed E-state index contributed by atoms with van der Waals surface area (Å²) in [6, 6.07) is 1.99. The van der Waals surface area contributed by atoms with Crippen LogP contribution in [0.2, 0.25) is 0 Å². The van der Waals surface area contributed by atoms with Crippen molar-refractivity contribution < 1.29 is 13.2 Å². The van der Waals surface area contributed by atoms with Crippen LogP contribution in [-0.2, 0) is 6.54 Å². The maximum Gasteiger partial charge on any atom is 0.196 e. The van der Waals surface area contributed by atoms with Gasteiger partial charge in [-0.2, -0.15) is 0 Å². The summed E-state index contributed by atoms with van der Waals surface area (Å²) in [6.07, 6.45) is 0. The van der Waals surface area contributed by atoms with E-state index in [1.807, 2.05) is 0 Å². The van der Waals surface area contributed by atoms with Crippen molar-refractivity contribution in [2.24, 2.45) is 0 Å². The second kappa shape index (κ2) is 4.48. The van der Waals surface area contributed by atoms with Crippen molar-refractivity contribution >= 4 is 17.2 Å². The quantitative estimate of drug-likeness (QED) is 0.844. The van der Waals surface area contributed by atoms with E-state index in [1.54, 1.807) is 5.38 Å². The third-order valence-corrected chi connectivity index (χ3v) is 2.45. The van der Waals surface area contributed by atoms with Gasteiger partial charge in [0.2, 0.25) is 0 Å². The van der Waals surface area contributed by atoms with Crippen LogP contribution in [0.1, 0.15) is 5.69 Å². The molecule has 0 fully saturated rings. The van der Waals surface area contributed by atoms with Gasteiger partial charge in [-0.1, -0.05) is 4.49 Å². The van der Waals surface area contributed by atoms with Crippen molar-refractivity contribution in [3.63, 3.8) is 0 Å². The third kappa shape index (κ3) is 2.13. The van der Waals surface area contributed by atoms with Crippen LogP contribution < -0.4 is 5.32 Å². The molecule has 0 radical (unpaired) electrons. The van der Waals surface area contributed by atoms with Crippen molar-refractivity contribution in [1.82, 2.24) is 9.59 Å². The van der Waals surface area contributed by atoms with E-state index < -0.39 is 17.5 Å². The molecule has 0 bridgehead atoms. The summed E-state index contributed by atoms with van der Waals surface area (Å²) in [6.45, 7) is 0.207. The Morgan fingerprint density at radius 3 is 2.69 bits per heavy atom. The van der Waals surface area contributed by atoms with E-state index in [2.05, 4.69) is 14.9 Å². The first-order chi connectivity index (χ1) is 7.68. The molecule has 0 aliphatic carbocycles. The fourth-order valence-electron chi connectivity index (χ4n) is 1.11. The van der Waals surface area contributed by atoms with Gasteiger partial charge in [0.15, 0.2) is 17.5 Å². The third-order valence-electron chi connectivity index (χ3n) is 1.90. The molecule has 7 heteroatoms. The molecule has 3 nitrogen and oxygen atoms in total. The van der Waals surface area contributed by atoms with Crippen LogP contribution in [0.3, 0.4) is 0 Å². The van der Waals surface area contributed by atoms with Gasteiger partial charge in [-0.05, 0) is 23.7 Å². The number of anilines is 1. The van der Waals surface area contributed by atoms with Crippen LogP contribution in [-0.4, -0.2) is 9.59 Å². The minimum atomic E-state index is -1.48. The Bertz CT molecular complexity index is 487. The number of nitrogens with zero attached hydrogens (tertiary/aromatic N) is 2. The van der Waals surface area contributed by atoms with E-state index in [9.17, 15) is 13.2 Å². The number of rotatable bonds is 3. The zero-order valence-electron chi connectivity index (χ0n) is 7.88. The van der Waals surface area contributed by atoms with E-state index in [4.69, 9.17) is 0 Å². The Morgan fingerprint density at radius 1 is 1.19 bits per heavy atom. The van der Waals surface area contributed by atoms with Gasteiger partial charge in [-0.3, -0.25) is 0 Å². The highest BCUT2D eigenvalue weighted by Crippen LogP contribution is 2.19. The van der Waals surface area contributed by atoms with Crippen molar-refractivity contribution in [1.29, 1.82) is 0 Å². The predicted molar refractivity (Wildman–Crippen MR) is 53.6 cm³/mol. The van der Waals surface area contributed by atoms with Crippen molar-refractivity contribution in [2.75, 3.05) is 5.32 Å². The molecule has 1 N–H and O–H groups in total. The molecule has 0 unspecified atom stereocenters. The molecule has 2 rings (SSSR count). The average molecular weight is 245 g/mol. The largest absolute Gasteiger partial charge is 0.377 e. The lowest BCUT2D eigenvalue weighted by Crippen LogP contribution is -2.04. The van der Waals surface area contributed by atoms with Gasteiger partial charge in [0.1, 0.15) is 0 Å². The molecule has 1 aromatic carbocycles. The number of hydrogen-bond acceptors (Lipinski definition) is 4. The molecule has 0 aliphatic rings. The normalized spacial score (nSPS) is 10.4. The first-order valence-corrected chi connectivity index (χ1v) is 5.15. The van der Waals surface area contributed by atoms with E-state index in [0.717, 1.165) is 23.7 Å². The van der Waals surface area contributed by atoms with Crippen LogP contribution >= 0.6 is 11.5 Å². The maximum atomic E-state index is 13.2. The van der Waals surface area contributed by atoms with Gasteiger partial charge >= 0.3 is 0 Å². The summed E-state index contributed by atoms with van der Waals surface area (Å²) < 4.78 is 42.2. The Kier molecular flexibility index (Phi) is 3.04. The molecule has 1 heterocycles. The Labute approximate surface area is 93.1 Å². The SMILES string of the molecule is Fc1ccc(NCc2csnn2)c(F)c1F. The van der Waals surface area contributed by atoms with Gasteiger partial charge < -0.3 is 5.32 Å². The first kappa shape index (κ1) is 10.9. The van der Waals surface area contributed by atoms with E-state index >= 15 is 0 Å². The van der Waals surface area contributed by atoms with Gasteiger partial charge in [-0.25, -0.2) is 13.2 Å². The second-order valence-corrected chi connectivity index (χ2v) is 3.58. The highest BCUT2D eigenvalue weighted by Gasteiger charge is 2.12. The van der Waals surface area contributed by atoms with Crippen molar-refractivity contribution in [3.8, 4) is 0 Å². The van der Waals surface area contributed by atoms with Crippen molar-refractivity contribution in [2.45, 2.75) is 6.54 Å². The number of benzene rings is 1. The summed E-state index contributed by atoms with van der Waals surface area (Å²) in [5.74, 6) is -3.93. The molecule has 0 saturated carbocycles. The van der Waals surface area contributed by atoms with Crippen molar-refractivity contribution in [3.05, 3.63) is 40.7 Å². The van der Waals surface area contributed by atoms with E-state index in [-0.39, 0.29) is 12.2 Å². The zero-order chi connectivity index (χ0) is 11.5. The Hall–Kier alpha value is -1.63. The Morgan fingerprint density at radius 2 is 2.00 bits per heavy atom. The van der Waals surface area contributed by atoms with Gasteiger partial charge in [0.25, 0.3) is 0 Å². The minimum absolute atomic E-state index is 0.105. The second-order valence-electron chi connectivity index (χ2n) is 2.97. The molecule has 16 heavy (non-hydrogen) atoms. The molecule has 0 amide bonds. The first-order valence-electron chi connectivity index (χ1n) is 4.32. The Balaban J connectivity index is 2.13. The molecular weight excluding hydrogens is 239 g/mol. The van der Waals surface area contributed by atoms with Gasteiger partial charge in [0.05, 0.1) is 17.9 Å². The number of aromatic nitrogens is 2. The molecule has 0 atom stereocenters. The fourth-order valence-corrected chi connectivity index (χ4v) is 1.56. The molecule has 1 aromatic heterocycles. The fraction of sp³-hybridized carbons (Fsp3) is 0.111. The lowest BCUT2D eigenvalue weighted by atomic mass is 10.2. The van der Waals surface area contributed by atoms with E-state index in [0.29, 0.717) is 5.69 Å². The van der Waals surface area contributed by atoms with Gasteiger partial charge in [0, 0.05) is 5.38 Å². The van der Waals surface area contributed by atoms with Crippen LogP contribution in [0.25, 0.3) is 0 Å². The molecular formula is C9H6F3N3S. The summed E-state index contributed by atoms with van der Waals surface area (Å²) in [4.78, 5) is 0. The highest BCUT2D eigenvalue weighted by atomic mass is 32.1. The summed E-state index contributed by atoms with van der Waals surface area (Å²) in [5.41, 5.74) is 0.501. The van der Waals surface area contributed by atoms with Crippen LogP contribution in [0, 0.1) is 17.5 Å². The summed E-state index contributed by atoms with van der Waals surface area (Å²) >= 11 is 1.16. The topological polar surface area (TPSA) is 37.8 Å². The summed E-state index contributed by atoms with van der Waals surface area (Å²) in [5, 5.41) is 7.99. The summed E-state index contributed by atoms with van der Waals surface area (Å²) in [7, 11) is 0. The molecule has 0 aliphatic heterocycles. The molecule has 84 valence electrons. The van der Waals surface area contributed by atoms with Crippen LogP contribution in [0.5, 0.6) is 0 Å². The van der Waals surface area contributed by atoms with Crippen LogP contribution in [0.15, 0.2) is 17.5 Å². The van der Waals surface area contributed by atoms with Crippen LogP contribution in [0.4, 0.5) is 18.9 Å². The number of halogens is 3. The average Bonchev–Trinajstić information content (AvgIpc) is 2.78. The number of hydrogen-bond donors (Lipinski definition) is 1. The molecule has 0 saturated heterocycles. The van der Waals surface area contributed by atoms with E-state index in [1.165, 1.54) is 0 Å². The lowest BCUT2D eigenvalue weighted by Gasteiger charge is -2.06. The minimum Gasteiger partial charge on any atom is -0.377 e. The molecule has 2 aromatic rings. The molecule has 0 spiro atoms. The monoisotopic (exact) mass is 245 g/mol. The van der Waals surface area contributed by atoms with Gasteiger partial charge in [-0.15, -0.1) is 5.10 Å². The lowest BCUT2D eigenvalue weighted by molar-refractivity contribution is 0.449. The zero-order valence-corrected chi connectivity index (χ0v) is 8.69. The maximum absolute atomic E-state index is 13.2. The number of nitrogens with one attached hydrogen (secondary N) is 1. The smallest absolute Gasteiger partial charge is 0.196 e. The predicted octanol–water partition coefficient (Wildman–Crippen LogP) is 2.57. The highest BCUT2D eigenvalue weighted by molar-refractivity contribution is 7.03. The standard InChI is InChI=1S/C9H6F3N3S/c10-6-1-2-7(9(12)8(6)11)13-3-5-4-16-15-14-5/h1-2,4,13H,3H2.